The van der Waals surface area contributed by atoms with Gasteiger partial charge in [0.1, 0.15) is 40.7 Å². The Morgan fingerprint density at radius 2 is 1.64 bits per heavy atom. The predicted molar refractivity (Wildman–Crippen MR) is 211 cm³/mol. The largest absolute Gasteiger partial charge is 0.472 e. The van der Waals surface area contributed by atoms with Gasteiger partial charge in [0.15, 0.2) is 11.4 Å². The lowest BCUT2D eigenvalue weighted by Crippen LogP contribution is -2.28. The van der Waals surface area contributed by atoms with Gasteiger partial charge >= 0.3 is 7.82 Å². The molecule has 12 nitrogen and oxygen atoms in total. The van der Waals surface area contributed by atoms with E-state index in [9.17, 15) is 23.5 Å². The third-order valence-electron chi connectivity index (χ3n) is 10.1. The number of halogens is 3. The van der Waals surface area contributed by atoms with Crippen molar-refractivity contribution in [2.24, 2.45) is 0 Å². The average molecular weight is 826 g/mol. The van der Waals surface area contributed by atoms with E-state index in [0.717, 1.165) is 25.3 Å². The molecule has 3 N–H and O–H groups in total. The van der Waals surface area contributed by atoms with Gasteiger partial charge in [-0.1, -0.05) is 121 Å². The van der Waals surface area contributed by atoms with Crippen LogP contribution >= 0.6 is 19.4 Å². The first-order valence-electron chi connectivity index (χ1n) is 20.2. The van der Waals surface area contributed by atoms with E-state index in [1.807, 2.05) is 0 Å². The Labute approximate surface area is 335 Å². The zero-order valence-electron chi connectivity index (χ0n) is 32.6. The molecular weight excluding hydrogens is 767 g/mol. The van der Waals surface area contributed by atoms with E-state index in [4.69, 9.17) is 40.6 Å². The number of nitrogens with two attached hydrogens (primary N) is 1. The number of hydrogen-bond acceptors (Lipinski definition) is 10. The molecule has 312 valence electrons. The van der Waals surface area contributed by atoms with Crippen LogP contribution in [0.4, 0.5) is 14.6 Å². The molecule has 0 bridgehead atoms. The monoisotopic (exact) mass is 825 g/mol. The fourth-order valence-electron chi connectivity index (χ4n) is 6.86. The highest BCUT2D eigenvalue weighted by atomic mass is 35.5. The summed E-state index contributed by atoms with van der Waals surface area (Å²) >= 11 is 5.73. The Morgan fingerprint density at radius 3 is 2.29 bits per heavy atom. The number of ether oxygens (including phenoxy) is 3. The van der Waals surface area contributed by atoms with Gasteiger partial charge in [-0.2, -0.15) is 10.4 Å². The normalized spacial score (nSPS) is 18.7. The highest BCUT2D eigenvalue weighted by molar-refractivity contribution is 7.47. The van der Waals surface area contributed by atoms with Gasteiger partial charge in [0.25, 0.3) is 0 Å². The Morgan fingerprint density at radius 1 is 1.00 bits per heavy atom. The number of benzene rings is 1. The first-order valence-corrected chi connectivity index (χ1v) is 22.1. The third kappa shape index (κ3) is 14.6. The standard InChI is InChI=1S/C40H59ClF2N5O7P/c1-2-3-4-5-6-7-8-9-10-11-12-13-14-15-16-17-24-51-26-33(52-25-31-18-19-34(42)37(41)38(31)43)28-54-56(49,50)53-27-32-22-23-40(29-44,55-32)36-21-20-35-39(45)46-30-47-48(35)36/h18-21,30,32-33H,2-17,22-28H2,1H3,(H,49,50)(H2,45,46,47)/t32-,33+,40-/m0/s1. The van der Waals surface area contributed by atoms with Crippen molar-refractivity contribution in [3.63, 3.8) is 0 Å². The molecule has 4 atom stereocenters. The number of aromatic nitrogens is 3. The molecule has 0 spiro atoms. The van der Waals surface area contributed by atoms with Gasteiger partial charge in [-0.3, -0.25) is 9.05 Å². The molecule has 2 aromatic heterocycles. The number of unbranched alkanes of at least 4 members (excludes halogenated alkanes) is 15. The second kappa shape index (κ2) is 24.3. The van der Waals surface area contributed by atoms with Crippen molar-refractivity contribution in [2.75, 3.05) is 32.2 Å². The Bertz CT molecular complexity index is 1720. The minimum absolute atomic E-state index is 0.00640. The third-order valence-corrected chi connectivity index (χ3v) is 11.4. The van der Waals surface area contributed by atoms with Crippen LogP contribution in [0.15, 0.2) is 30.6 Å². The second-order valence-electron chi connectivity index (χ2n) is 14.6. The van der Waals surface area contributed by atoms with Crippen LogP contribution in [0.5, 0.6) is 0 Å². The lowest BCUT2D eigenvalue weighted by molar-refractivity contribution is -0.0565. The van der Waals surface area contributed by atoms with Crippen LogP contribution < -0.4 is 5.73 Å². The van der Waals surface area contributed by atoms with Crippen molar-refractivity contribution < 1.29 is 41.5 Å². The molecule has 1 aliphatic heterocycles. The van der Waals surface area contributed by atoms with Crippen LogP contribution in [-0.4, -0.2) is 58.1 Å². The molecule has 0 amide bonds. The molecular formula is C40H59ClF2N5O7P. The summed E-state index contributed by atoms with van der Waals surface area (Å²) in [5, 5.41) is 13.6. The van der Waals surface area contributed by atoms with E-state index >= 15 is 0 Å². The number of nitrogens with zero attached hydrogens (tertiary/aromatic N) is 4. The second-order valence-corrected chi connectivity index (χ2v) is 16.4. The fourth-order valence-corrected chi connectivity index (χ4v) is 7.83. The van der Waals surface area contributed by atoms with Crippen molar-refractivity contribution >= 4 is 30.8 Å². The summed E-state index contributed by atoms with van der Waals surface area (Å²) in [6, 6.07) is 7.83. The summed E-state index contributed by atoms with van der Waals surface area (Å²) < 4.78 is 70.9. The van der Waals surface area contributed by atoms with Crippen LogP contribution in [0.2, 0.25) is 5.02 Å². The number of nitrogen functional groups attached to an aromatic ring is 1. The number of fused-ring (bicyclic) bond motifs is 1. The van der Waals surface area contributed by atoms with E-state index in [0.29, 0.717) is 24.2 Å². The van der Waals surface area contributed by atoms with E-state index in [1.54, 1.807) is 12.1 Å². The summed E-state index contributed by atoms with van der Waals surface area (Å²) in [6.45, 7) is 1.62. The van der Waals surface area contributed by atoms with Crippen LogP contribution in [-0.2, 0) is 40.0 Å². The Hall–Kier alpha value is -2.73. The van der Waals surface area contributed by atoms with Crippen LogP contribution in [0.1, 0.15) is 134 Å². The number of phosphoric ester groups is 1. The van der Waals surface area contributed by atoms with Gasteiger partial charge in [-0.05, 0) is 37.5 Å². The lowest BCUT2D eigenvalue weighted by Gasteiger charge is -2.23. The SMILES string of the molecule is CCCCCCCCCCCCCCCCCCOC[C@H](COP(=O)(O)OC[C@@H]1CC[C@](C#N)(c2ccc3c(N)ncnn23)O1)OCc1ccc(F)c(Cl)c1F. The van der Waals surface area contributed by atoms with Crippen molar-refractivity contribution in [2.45, 2.75) is 147 Å². The van der Waals surface area contributed by atoms with E-state index in [2.05, 4.69) is 23.1 Å². The number of hydrogen-bond donors (Lipinski definition) is 2. The Kier molecular flexibility index (Phi) is 19.9. The number of anilines is 1. The van der Waals surface area contributed by atoms with Gasteiger partial charge in [-0.25, -0.2) is 22.8 Å². The van der Waals surface area contributed by atoms with Crippen molar-refractivity contribution in [1.82, 2.24) is 14.6 Å². The zero-order chi connectivity index (χ0) is 40.2. The molecule has 3 aromatic rings. The summed E-state index contributed by atoms with van der Waals surface area (Å²) in [7, 11) is -4.64. The zero-order valence-corrected chi connectivity index (χ0v) is 34.3. The lowest BCUT2D eigenvalue weighted by atomic mass is 9.98. The number of rotatable bonds is 29. The maximum atomic E-state index is 14.6. The molecule has 1 unspecified atom stereocenters. The first kappa shape index (κ1) is 46.0. The van der Waals surface area contributed by atoms with E-state index in [-0.39, 0.29) is 37.6 Å². The van der Waals surface area contributed by atoms with Gasteiger partial charge < -0.3 is 24.8 Å². The molecule has 56 heavy (non-hydrogen) atoms. The topological polar surface area (TPSA) is 163 Å². The van der Waals surface area contributed by atoms with Crippen molar-refractivity contribution in [1.29, 1.82) is 5.26 Å². The predicted octanol–water partition coefficient (Wildman–Crippen LogP) is 10.1. The van der Waals surface area contributed by atoms with Crippen molar-refractivity contribution in [3.05, 3.63) is 58.5 Å². The highest BCUT2D eigenvalue weighted by Crippen LogP contribution is 2.46. The van der Waals surface area contributed by atoms with Gasteiger partial charge in [0, 0.05) is 12.2 Å². The molecule has 1 saturated heterocycles. The van der Waals surface area contributed by atoms with E-state index < -0.39 is 48.9 Å². The Balaban J connectivity index is 1.16. The molecule has 1 fully saturated rings. The summed E-state index contributed by atoms with van der Waals surface area (Å²) in [5.74, 6) is -1.60. The molecule has 1 aromatic carbocycles. The minimum Gasteiger partial charge on any atom is -0.382 e. The smallest absolute Gasteiger partial charge is 0.382 e. The fraction of sp³-hybridized carbons (Fsp3) is 0.675. The van der Waals surface area contributed by atoms with Crippen LogP contribution in [0, 0.1) is 23.0 Å². The summed E-state index contributed by atoms with van der Waals surface area (Å²) in [4.78, 5) is 14.5. The quantitative estimate of drug-likeness (QED) is 0.0389. The van der Waals surface area contributed by atoms with Gasteiger partial charge in [-0.15, -0.1) is 0 Å². The molecule has 0 radical (unpaired) electrons. The average Bonchev–Trinajstić information content (AvgIpc) is 3.83. The molecule has 0 saturated carbocycles. The maximum Gasteiger partial charge on any atom is 0.472 e. The minimum atomic E-state index is -4.64. The summed E-state index contributed by atoms with van der Waals surface area (Å²) in [5.41, 5.74) is 5.53. The van der Waals surface area contributed by atoms with Crippen LogP contribution in [0.25, 0.3) is 5.52 Å². The molecule has 4 rings (SSSR count). The number of phosphoric acid groups is 1. The highest BCUT2D eigenvalue weighted by Gasteiger charge is 2.45. The molecule has 16 heteroatoms. The first-order chi connectivity index (χ1) is 27.1. The molecule has 3 heterocycles. The molecule has 1 aliphatic rings. The van der Waals surface area contributed by atoms with Crippen LogP contribution in [0.3, 0.4) is 0 Å². The number of nitriles is 1. The molecule has 0 aliphatic carbocycles. The van der Waals surface area contributed by atoms with E-state index in [1.165, 1.54) is 100 Å². The maximum absolute atomic E-state index is 14.6. The van der Waals surface area contributed by atoms with Gasteiger partial charge in [0.05, 0.1) is 38.2 Å². The van der Waals surface area contributed by atoms with Crippen molar-refractivity contribution in [3.8, 4) is 6.07 Å². The summed E-state index contributed by atoms with van der Waals surface area (Å²) in [6.07, 6.45) is 20.5. The van der Waals surface area contributed by atoms with Gasteiger partial charge in [0.2, 0.25) is 0 Å².